The number of nitrogens with two attached hydrogens (primary N) is 1. The van der Waals surface area contributed by atoms with Gasteiger partial charge in [-0.3, -0.25) is 4.79 Å². The zero-order valence-corrected chi connectivity index (χ0v) is 13.3. The second-order valence-corrected chi connectivity index (χ2v) is 5.24. The predicted octanol–water partition coefficient (Wildman–Crippen LogP) is 2.40. The lowest BCUT2D eigenvalue weighted by Crippen LogP contribution is -2.36. The topological polar surface area (TPSA) is 73.6 Å². The van der Waals surface area contributed by atoms with E-state index >= 15 is 0 Å². The lowest BCUT2D eigenvalue weighted by Gasteiger charge is -2.16. The van der Waals surface area contributed by atoms with Crippen LogP contribution in [0, 0.1) is 0 Å². The molecule has 0 aliphatic carbocycles. The summed E-state index contributed by atoms with van der Waals surface area (Å²) in [7, 11) is 1.59. The summed E-state index contributed by atoms with van der Waals surface area (Å²) >= 11 is 0. The van der Waals surface area contributed by atoms with Crippen molar-refractivity contribution in [2.24, 2.45) is 5.73 Å². The van der Waals surface area contributed by atoms with E-state index < -0.39 is 0 Å². The number of benzene rings is 1. The second-order valence-electron chi connectivity index (χ2n) is 5.24. The van der Waals surface area contributed by atoms with Gasteiger partial charge in [-0.2, -0.15) is 0 Å². The molecule has 2 atom stereocenters. The number of hydrogen-bond donors (Lipinski definition) is 2. The van der Waals surface area contributed by atoms with Crippen LogP contribution in [0.5, 0.6) is 11.5 Å². The van der Waals surface area contributed by atoms with E-state index in [9.17, 15) is 4.79 Å². The van der Waals surface area contributed by atoms with Crippen LogP contribution >= 0.6 is 0 Å². The molecule has 1 amide bonds. The van der Waals surface area contributed by atoms with Crippen LogP contribution in [0.2, 0.25) is 0 Å². The van der Waals surface area contributed by atoms with Crippen LogP contribution in [0.4, 0.5) is 0 Å². The molecule has 1 rings (SSSR count). The Labute approximate surface area is 126 Å². The van der Waals surface area contributed by atoms with Crippen molar-refractivity contribution in [3.63, 3.8) is 0 Å². The number of nitrogens with one attached hydrogen (secondary N) is 1. The third kappa shape index (κ3) is 5.63. The van der Waals surface area contributed by atoms with E-state index in [1.54, 1.807) is 13.2 Å². The van der Waals surface area contributed by atoms with Crippen LogP contribution in [-0.4, -0.2) is 25.7 Å². The van der Waals surface area contributed by atoms with Gasteiger partial charge in [-0.1, -0.05) is 19.4 Å². The lowest BCUT2D eigenvalue weighted by molar-refractivity contribution is -0.123. The molecule has 3 N–H and O–H groups in total. The Kier molecular flexibility index (Phi) is 7.02. The maximum atomic E-state index is 11.8. The number of methoxy groups -OCH3 is 1. The summed E-state index contributed by atoms with van der Waals surface area (Å²) in [5.74, 6) is 1.13. The number of ether oxygens (including phenoxy) is 2. The normalized spacial score (nSPS) is 13.4. The van der Waals surface area contributed by atoms with Gasteiger partial charge in [-0.25, -0.2) is 0 Å². The summed E-state index contributed by atoms with van der Waals surface area (Å²) in [6, 6.07) is 5.42. The van der Waals surface area contributed by atoms with Crippen LogP contribution in [0.15, 0.2) is 18.2 Å². The summed E-state index contributed by atoms with van der Waals surface area (Å²) in [6.45, 7) is 5.92. The maximum absolute atomic E-state index is 11.8. The van der Waals surface area contributed by atoms with Crippen LogP contribution in [0.3, 0.4) is 0 Å². The Hall–Kier alpha value is -1.75. The molecule has 0 saturated heterocycles. The molecule has 0 saturated carbocycles. The SMILES string of the molecule is CCCC(C)NC(=O)COc1cc(OC)ccc1[C@@H](C)N. The summed E-state index contributed by atoms with van der Waals surface area (Å²) in [5, 5.41) is 2.90. The molecular formula is C16H26N2O3. The Morgan fingerprint density at radius 2 is 2.10 bits per heavy atom. The first-order valence-electron chi connectivity index (χ1n) is 7.33. The molecule has 5 nitrogen and oxygen atoms in total. The Bertz CT molecular complexity index is 461. The highest BCUT2D eigenvalue weighted by molar-refractivity contribution is 5.77. The van der Waals surface area contributed by atoms with Crippen molar-refractivity contribution in [2.45, 2.75) is 45.7 Å². The molecule has 0 spiro atoms. The van der Waals surface area contributed by atoms with E-state index in [-0.39, 0.29) is 24.6 Å². The fourth-order valence-electron chi connectivity index (χ4n) is 2.11. The number of carbonyl (C=O) groups is 1. The van der Waals surface area contributed by atoms with Crippen LogP contribution in [-0.2, 0) is 4.79 Å². The number of hydrogen-bond acceptors (Lipinski definition) is 4. The average Bonchev–Trinajstić information content (AvgIpc) is 2.44. The van der Waals surface area contributed by atoms with E-state index in [2.05, 4.69) is 12.2 Å². The summed E-state index contributed by atoms with van der Waals surface area (Å²) < 4.78 is 10.8. The van der Waals surface area contributed by atoms with Gasteiger partial charge in [0.1, 0.15) is 11.5 Å². The van der Waals surface area contributed by atoms with Gasteiger partial charge in [0.05, 0.1) is 7.11 Å². The van der Waals surface area contributed by atoms with E-state index in [0.29, 0.717) is 11.5 Å². The maximum Gasteiger partial charge on any atom is 0.258 e. The van der Waals surface area contributed by atoms with Crippen LogP contribution in [0.25, 0.3) is 0 Å². The second kappa shape index (κ2) is 8.52. The zero-order chi connectivity index (χ0) is 15.8. The number of carbonyl (C=O) groups excluding carboxylic acids is 1. The fourth-order valence-corrected chi connectivity index (χ4v) is 2.11. The minimum absolute atomic E-state index is 0.0268. The lowest BCUT2D eigenvalue weighted by atomic mass is 10.1. The average molecular weight is 294 g/mol. The van der Waals surface area contributed by atoms with E-state index in [0.717, 1.165) is 18.4 Å². The first kappa shape index (κ1) is 17.3. The smallest absolute Gasteiger partial charge is 0.258 e. The van der Waals surface area contributed by atoms with Gasteiger partial charge in [0.2, 0.25) is 0 Å². The van der Waals surface area contributed by atoms with Gasteiger partial charge in [0.25, 0.3) is 5.91 Å². The predicted molar refractivity (Wildman–Crippen MR) is 83.6 cm³/mol. The molecule has 21 heavy (non-hydrogen) atoms. The molecule has 5 heteroatoms. The summed E-state index contributed by atoms with van der Waals surface area (Å²) in [6.07, 6.45) is 1.99. The first-order valence-corrected chi connectivity index (χ1v) is 7.33. The van der Waals surface area contributed by atoms with Gasteiger partial charge in [0.15, 0.2) is 6.61 Å². The van der Waals surface area contributed by atoms with E-state index in [4.69, 9.17) is 15.2 Å². The first-order chi connectivity index (χ1) is 9.97. The quantitative estimate of drug-likeness (QED) is 0.772. The van der Waals surface area contributed by atoms with Gasteiger partial charge in [-0.15, -0.1) is 0 Å². The molecule has 0 heterocycles. The van der Waals surface area contributed by atoms with Gasteiger partial charge in [0, 0.05) is 23.7 Å². The van der Waals surface area contributed by atoms with Crippen molar-refractivity contribution in [3.05, 3.63) is 23.8 Å². The van der Waals surface area contributed by atoms with E-state index in [1.165, 1.54) is 0 Å². The molecule has 118 valence electrons. The molecule has 0 aromatic heterocycles. The molecule has 1 unspecified atom stereocenters. The minimum atomic E-state index is -0.173. The third-order valence-electron chi connectivity index (χ3n) is 3.20. The van der Waals surface area contributed by atoms with Gasteiger partial charge in [-0.05, 0) is 26.3 Å². The number of amides is 1. The number of rotatable bonds is 8. The summed E-state index contributed by atoms with van der Waals surface area (Å²) in [5.41, 5.74) is 6.76. The Balaban J connectivity index is 2.67. The highest BCUT2D eigenvalue weighted by Gasteiger charge is 2.12. The molecular weight excluding hydrogens is 268 g/mol. The van der Waals surface area contributed by atoms with Gasteiger partial charge >= 0.3 is 0 Å². The van der Waals surface area contributed by atoms with Crippen LogP contribution < -0.4 is 20.5 Å². The van der Waals surface area contributed by atoms with Gasteiger partial charge < -0.3 is 20.5 Å². The van der Waals surface area contributed by atoms with Crippen molar-refractivity contribution in [2.75, 3.05) is 13.7 Å². The highest BCUT2D eigenvalue weighted by Crippen LogP contribution is 2.28. The Morgan fingerprint density at radius 3 is 2.67 bits per heavy atom. The van der Waals surface area contributed by atoms with Crippen molar-refractivity contribution in [1.82, 2.24) is 5.32 Å². The monoisotopic (exact) mass is 294 g/mol. The van der Waals surface area contributed by atoms with E-state index in [1.807, 2.05) is 26.0 Å². The molecule has 1 aromatic rings. The minimum Gasteiger partial charge on any atom is -0.497 e. The van der Waals surface area contributed by atoms with Crippen molar-refractivity contribution < 1.29 is 14.3 Å². The Morgan fingerprint density at radius 1 is 1.38 bits per heavy atom. The molecule has 0 aliphatic rings. The van der Waals surface area contributed by atoms with Crippen molar-refractivity contribution in [3.8, 4) is 11.5 Å². The molecule has 0 fully saturated rings. The largest absolute Gasteiger partial charge is 0.497 e. The molecule has 0 aliphatic heterocycles. The van der Waals surface area contributed by atoms with Crippen LogP contribution in [0.1, 0.15) is 45.2 Å². The van der Waals surface area contributed by atoms with Crippen molar-refractivity contribution >= 4 is 5.91 Å². The fraction of sp³-hybridized carbons (Fsp3) is 0.562. The van der Waals surface area contributed by atoms with Crippen molar-refractivity contribution in [1.29, 1.82) is 0 Å². The third-order valence-corrected chi connectivity index (χ3v) is 3.20. The highest BCUT2D eigenvalue weighted by atomic mass is 16.5. The zero-order valence-electron chi connectivity index (χ0n) is 13.3. The summed E-state index contributed by atoms with van der Waals surface area (Å²) in [4.78, 5) is 11.8. The molecule has 1 aromatic carbocycles. The molecule has 0 bridgehead atoms. The standard InChI is InChI=1S/C16H26N2O3/c1-5-6-11(2)18-16(19)10-21-15-9-13(20-4)7-8-14(15)12(3)17/h7-9,11-12H,5-6,10,17H2,1-4H3,(H,18,19)/t11?,12-/m1/s1. The molecule has 0 radical (unpaired) electrons.